The van der Waals surface area contributed by atoms with Gasteiger partial charge in [-0.2, -0.15) is 8.42 Å². The summed E-state index contributed by atoms with van der Waals surface area (Å²) in [4.78, 5) is 0. The number of hydrogen-bond acceptors (Lipinski definition) is 4. The molecule has 0 spiro atoms. The quantitative estimate of drug-likeness (QED) is 0.802. The average Bonchev–Trinajstić information content (AvgIpc) is 2.68. The van der Waals surface area contributed by atoms with Crippen molar-refractivity contribution in [2.75, 3.05) is 17.9 Å². The van der Waals surface area contributed by atoms with Crippen molar-refractivity contribution in [1.29, 1.82) is 0 Å². The highest BCUT2D eigenvalue weighted by Gasteiger charge is 2.18. The molecule has 0 saturated carbocycles. The molecule has 0 amide bonds. The van der Waals surface area contributed by atoms with E-state index >= 15 is 0 Å². The average molecular weight is 244 g/mol. The van der Waals surface area contributed by atoms with Crippen LogP contribution in [-0.2, 0) is 19.7 Å². The Bertz CT molecular complexity index is 468. The molecule has 1 aromatic carbocycles. The van der Waals surface area contributed by atoms with Crippen LogP contribution in [0.5, 0.6) is 0 Å². The first kappa shape index (κ1) is 11.3. The molecule has 1 saturated heterocycles. The van der Waals surface area contributed by atoms with Gasteiger partial charge in [0.25, 0.3) is 10.2 Å². The minimum Gasteiger partial charge on any atom is -0.346 e. The van der Waals surface area contributed by atoms with E-state index in [2.05, 4.69) is 4.72 Å². The van der Waals surface area contributed by atoms with E-state index in [9.17, 15) is 8.42 Å². The van der Waals surface area contributed by atoms with Crippen LogP contribution in [0.3, 0.4) is 0 Å². The third-order valence-electron chi connectivity index (χ3n) is 2.04. The minimum absolute atomic E-state index is 0.388. The van der Waals surface area contributed by atoms with Crippen molar-refractivity contribution in [2.45, 2.75) is 6.29 Å². The van der Waals surface area contributed by atoms with Gasteiger partial charge >= 0.3 is 0 Å². The number of ether oxygens (including phenoxy) is 2. The lowest BCUT2D eigenvalue weighted by molar-refractivity contribution is -0.0440. The molecule has 1 aliphatic rings. The Balaban J connectivity index is 2.19. The zero-order chi connectivity index (χ0) is 11.6. The summed E-state index contributed by atoms with van der Waals surface area (Å²) < 4.78 is 34.4. The zero-order valence-electron chi connectivity index (χ0n) is 8.42. The van der Waals surface area contributed by atoms with Crippen molar-refractivity contribution in [3.63, 3.8) is 0 Å². The summed E-state index contributed by atoms with van der Waals surface area (Å²) in [6.45, 7) is 1.08. The second kappa shape index (κ2) is 4.38. The molecule has 16 heavy (non-hydrogen) atoms. The Morgan fingerprint density at radius 3 is 2.62 bits per heavy atom. The lowest BCUT2D eigenvalue weighted by Gasteiger charge is -2.11. The lowest BCUT2D eigenvalue weighted by atomic mass is 10.2. The molecule has 0 aromatic heterocycles. The van der Waals surface area contributed by atoms with E-state index < -0.39 is 16.5 Å². The van der Waals surface area contributed by atoms with Gasteiger partial charge in [-0.3, -0.25) is 4.72 Å². The topological polar surface area (TPSA) is 90.7 Å². The Morgan fingerprint density at radius 2 is 2.00 bits per heavy atom. The Labute approximate surface area is 93.5 Å². The molecule has 0 unspecified atom stereocenters. The van der Waals surface area contributed by atoms with Crippen molar-refractivity contribution in [2.24, 2.45) is 5.14 Å². The number of benzene rings is 1. The van der Waals surface area contributed by atoms with Gasteiger partial charge in [-0.1, -0.05) is 12.1 Å². The molecular weight excluding hydrogens is 232 g/mol. The molecule has 88 valence electrons. The molecule has 2 rings (SSSR count). The fraction of sp³-hybridized carbons (Fsp3) is 0.333. The lowest BCUT2D eigenvalue weighted by Crippen LogP contribution is -2.21. The molecule has 0 aliphatic carbocycles. The molecule has 0 bridgehead atoms. The van der Waals surface area contributed by atoms with Crippen molar-refractivity contribution >= 4 is 15.9 Å². The maximum atomic E-state index is 10.8. The Hall–Kier alpha value is -1.15. The summed E-state index contributed by atoms with van der Waals surface area (Å²) in [5.41, 5.74) is 1.14. The highest BCUT2D eigenvalue weighted by Crippen LogP contribution is 2.25. The van der Waals surface area contributed by atoms with Crippen LogP contribution >= 0.6 is 0 Å². The first-order valence-electron chi connectivity index (χ1n) is 4.68. The number of hydrogen-bond donors (Lipinski definition) is 2. The van der Waals surface area contributed by atoms with Crippen molar-refractivity contribution in [3.8, 4) is 0 Å². The summed E-state index contributed by atoms with van der Waals surface area (Å²) in [5, 5.41) is 4.87. The van der Waals surface area contributed by atoms with Crippen LogP contribution in [0.1, 0.15) is 11.9 Å². The number of nitrogens with two attached hydrogens (primary N) is 1. The predicted molar refractivity (Wildman–Crippen MR) is 57.8 cm³/mol. The van der Waals surface area contributed by atoms with Crippen LogP contribution < -0.4 is 9.86 Å². The van der Waals surface area contributed by atoms with Gasteiger partial charge < -0.3 is 9.47 Å². The van der Waals surface area contributed by atoms with Crippen LogP contribution in [0.15, 0.2) is 24.3 Å². The smallest absolute Gasteiger partial charge is 0.296 e. The van der Waals surface area contributed by atoms with Crippen LogP contribution in [-0.4, -0.2) is 21.6 Å². The van der Waals surface area contributed by atoms with Gasteiger partial charge in [-0.15, -0.1) is 0 Å². The van der Waals surface area contributed by atoms with E-state index in [-0.39, 0.29) is 0 Å². The molecule has 1 aromatic rings. The van der Waals surface area contributed by atoms with Gasteiger partial charge in [-0.05, 0) is 12.1 Å². The molecule has 6 nitrogen and oxygen atoms in total. The van der Waals surface area contributed by atoms with Crippen molar-refractivity contribution in [1.82, 2.24) is 0 Å². The summed E-state index contributed by atoms with van der Waals surface area (Å²) in [7, 11) is -3.75. The minimum atomic E-state index is -3.75. The van der Waals surface area contributed by atoms with Gasteiger partial charge in [-0.25, -0.2) is 5.14 Å². The van der Waals surface area contributed by atoms with Crippen LogP contribution in [0, 0.1) is 0 Å². The van der Waals surface area contributed by atoms with E-state index in [1.807, 2.05) is 0 Å². The van der Waals surface area contributed by atoms with Crippen molar-refractivity contribution < 1.29 is 17.9 Å². The van der Waals surface area contributed by atoms with Gasteiger partial charge in [0.05, 0.1) is 18.9 Å². The zero-order valence-corrected chi connectivity index (χ0v) is 9.24. The van der Waals surface area contributed by atoms with Crippen molar-refractivity contribution in [3.05, 3.63) is 29.8 Å². The first-order valence-corrected chi connectivity index (χ1v) is 6.23. The maximum Gasteiger partial charge on any atom is 0.296 e. The van der Waals surface area contributed by atoms with E-state index in [0.29, 0.717) is 18.9 Å². The molecule has 7 heteroatoms. The molecule has 0 radical (unpaired) electrons. The van der Waals surface area contributed by atoms with Gasteiger partial charge in [0, 0.05) is 5.56 Å². The van der Waals surface area contributed by atoms with Crippen LogP contribution in [0.2, 0.25) is 0 Å². The highest BCUT2D eigenvalue weighted by molar-refractivity contribution is 7.90. The van der Waals surface area contributed by atoms with Crippen LogP contribution in [0.25, 0.3) is 0 Å². The van der Waals surface area contributed by atoms with Gasteiger partial charge in [0.2, 0.25) is 0 Å². The first-order chi connectivity index (χ1) is 7.54. The van der Waals surface area contributed by atoms with Crippen LogP contribution in [0.4, 0.5) is 5.69 Å². The number of nitrogens with one attached hydrogen (secondary N) is 1. The molecule has 1 aliphatic heterocycles. The summed E-state index contributed by atoms with van der Waals surface area (Å²) in [6, 6.07) is 6.72. The molecule has 0 atom stereocenters. The van der Waals surface area contributed by atoms with Gasteiger partial charge in [0.1, 0.15) is 0 Å². The number of anilines is 1. The van der Waals surface area contributed by atoms with E-state index in [1.165, 1.54) is 0 Å². The summed E-state index contributed by atoms with van der Waals surface area (Å²) in [6.07, 6.45) is -0.428. The monoisotopic (exact) mass is 244 g/mol. The Kier molecular flexibility index (Phi) is 3.10. The van der Waals surface area contributed by atoms with E-state index in [1.54, 1.807) is 24.3 Å². The fourth-order valence-electron chi connectivity index (χ4n) is 1.46. The third-order valence-corrected chi connectivity index (χ3v) is 2.56. The highest BCUT2D eigenvalue weighted by atomic mass is 32.2. The standard InChI is InChI=1S/C9H12N2O4S/c10-16(12,13)11-8-3-1-2-7(6-8)9-14-4-5-15-9/h1-3,6,9,11H,4-5H2,(H2,10,12,13). The fourth-order valence-corrected chi connectivity index (χ4v) is 1.92. The second-order valence-electron chi connectivity index (χ2n) is 3.35. The third kappa shape index (κ3) is 2.92. The normalized spacial score (nSPS) is 17.6. The summed E-state index contributed by atoms with van der Waals surface area (Å²) in [5.74, 6) is 0. The predicted octanol–water partition coefficient (Wildman–Crippen LogP) is 0.347. The Morgan fingerprint density at radius 1 is 1.31 bits per heavy atom. The maximum absolute atomic E-state index is 10.8. The SMILES string of the molecule is NS(=O)(=O)Nc1cccc(C2OCCO2)c1. The molecule has 1 fully saturated rings. The number of rotatable bonds is 3. The largest absolute Gasteiger partial charge is 0.346 e. The van der Waals surface area contributed by atoms with E-state index in [4.69, 9.17) is 14.6 Å². The van der Waals surface area contributed by atoms with Gasteiger partial charge in [0.15, 0.2) is 6.29 Å². The van der Waals surface area contributed by atoms with E-state index in [0.717, 1.165) is 5.56 Å². The second-order valence-corrected chi connectivity index (χ2v) is 4.64. The summed E-state index contributed by atoms with van der Waals surface area (Å²) >= 11 is 0. The molecular formula is C9H12N2O4S. The molecule has 3 N–H and O–H groups in total. The molecule has 1 heterocycles.